The van der Waals surface area contributed by atoms with Gasteiger partial charge in [0, 0.05) is 6.54 Å². The predicted molar refractivity (Wildman–Crippen MR) is 117 cm³/mol. The van der Waals surface area contributed by atoms with Crippen LogP contribution < -0.4 is 10.9 Å². The molecule has 2 aromatic heterocycles. The van der Waals surface area contributed by atoms with Gasteiger partial charge in [0.05, 0.1) is 29.5 Å². The van der Waals surface area contributed by atoms with Crippen LogP contribution >= 0.6 is 11.8 Å². The molecule has 4 rings (SSSR count). The van der Waals surface area contributed by atoms with Gasteiger partial charge in [-0.05, 0) is 36.2 Å². The Hall–Kier alpha value is -3.32. The van der Waals surface area contributed by atoms with Crippen LogP contribution in [-0.2, 0) is 24.3 Å². The van der Waals surface area contributed by atoms with Crippen LogP contribution in [0.5, 0.6) is 0 Å². The molecule has 1 N–H and O–H groups in total. The predicted octanol–water partition coefficient (Wildman–Crippen LogP) is 3.64. The molecule has 2 heterocycles. The Morgan fingerprint density at radius 2 is 1.83 bits per heavy atom. The number of aromatic nitrogens is 2. The molecule has 7 heteroatoms. The lowest BCUT2D eigenvalue weighted by Crippen LogP contribution is -2.27. The second kappa shape index (κ2) is 9.45. The van der Waals surface area contributed by atoms with Gasteiger partial charge in [-0.1, -0.05) is 54.2 Å². The summed E-state index contributed by atoms with van der Waals surface area (Å²) in [4.78, 5) is 30.0. The molecule has 0 atom stereocenters. The second-order valence-corrected chi connectivity index (χ2v) is 7.69. The van der Waals surface area contributed by atoms with E-state index in [1.54, 1.807) is 29.0 Å². The number of fused-ring (bicyclic) bond motifs is 1. The monoisotopic (exact) mass is 419 g/mol. The fourth-order valence-electron chi connectivity index (χ4n) is 3.12. The smallest absolute Gasteiger partial charge is 0.262 e. The van der Waals surface area contributed by atoms with E-state index in [0.29, 0.717) is 41.3 Å². The van der Waals surface area contributed by atoms with Crippen LogP contribution in [0.4, 0.5) is 0 Å². The number of carbonyl (C=O) groups is 1. The molecule has 0 saturated carbocycles. The maximum Gasteiger partial charge on any atom is 0.262 e. The maximum atomic E-state index is 13.1. The van der Waals surface area contributed by atoms with Crippen molar-refractivity contribution in [3.8, 4) is 0 Å². The number of rotatable bonds is 8. The molecular formula is C23H21N3O3S. The number of hydrogen-bond acceptors (Lipinski definition) is 5. The third-order valence-corrected chi connectivity index (χ3v) is 5.64. The lowest BCUT2D eigenvalue weighted by molar-refractivity contribution is -0.118. The molecule has 0 bridgehead atoms. The van der Waals surface area contributed by atoms with Crippen molar-refractivity contribution in [1.29, 1.82) is 0 Å². The van der Waals surface area contributed by atoms with Crippen LogP contribution in [-0.4, -0.2) is 21.2 Å². The number of hydrogen-bond donors (Lipinski definition) is 1. The van der Waals surface area contributed by atoms with E-state index in [9.17, 15) is 9.59 Å². The van der Waals surface area contributed by atoms with Crippen molar-refractivity contribution in [2.45, 2.75) is 24.7 Å². The number of nitrogens with zero attached hydrogens (tertiary/aromatic N) is 2. The van der Waals surface area contributed by atoms with Gasteiger partial charge in [0.2, 0.25) is 5.91 Å². The van der Waals surface area contributed by atoms with E-state index in [-0.39, 0.29) is 17.2 Å². The summed E-state index contributed by atoms with van der Waals surface area (Å²) >= 11 is 1.27. The average molecular weight is 420 g/mol. The van der Waals surface area contributed by atoms with Gasteiger partial charge in [-0.15, -0.1) is 0 Å². The molecule has 0 aliphatic carbocycles. The number of carbonyl (C=O) groups excluding carboxylic acids is 1. The van der Waals surface area contributed by atoms with Crippen molar-refractivity contribution in [2.75, 3.05) is 5.75 Å². The molecule has 30 heavy (non-hydrogen) atoms. The molecule has 0 aliphatic rings. The highest BCUT2D eigenvalue weighted by molar-refractivity contribution is 7.99. The summed E-state index contributed by atoms with van der Waals surface area (Å²) in [6, 6.07) is 20.9. The highest BCUT2D eigenvalue weighted by Gasteiger charge is 2.13. The molecule has 152 valence electrons. The normalized spacial score (nSPS) is 10.9. The summed E-state index contributed by atoms with van der Waals surface area (Å²) in [5.41, 5.74) is 1.69. The van der Waals surface area contributed by atoms with Crippen molar-refractivity contribution >= 4 is 28.6 Å². The number of furan rings is 1. The summed E-state index contributed by atoms with van der Waals surface area (Å²) in [7, 11) is 0. The zero-order valence-electron chi connectivity index (χ0n) is 16.3. The van der Waals surface area contributed by atoms with E-state index in [1.807, 2.05) is 48.5 Å². The SMILES string of the molecule is O=C(CSc1nc2ccccc2c(=O)n1CCc1ccccc1)NCc1ccco1. The minimum Gasteiger partial charge on any atom is -0.467 e. The molecule has 0 spiro atoms. The molecule has 1 amide bonds. The molecule has 0 saturated heterocycles. The van der Waals surface area contributed by atoms with Gasteiger partial charge in [0.15, 0.2) is 5.16 Å². The fourth-order valence-corrected chi connectivity index (χ4v) is 3.98. The molecule has 0 radical (unpaired) electrons. The summed E-state index contributed by atoms with van der Waals surface area (Å²) in [5.74, 6) is 0.710. The van der Waals surface area contributed by atoms with Gasteiger partial charge in [0.1, 0.15) is 5.76 Å². The molecule has 2 aromatic carbocycles. The van der Waals surface area contributed by atoms with Crippen molar-refractivity contribution in [3.05, 3.63) is 94.7 Å². The second-order valence-electron chi connectivity index (χ2n) is 6.75. The third kappa shape index (κ3) is 4.80. The lowest BCUT2D eigenvalue weighted by Gasteiger charge is -2.13. The Bertz CT molecular complexity index is 1190. The number of aryl methyl sites for hydroxylation is 1. The summed E-state index contributed by atoms with van der Waals surface area (Å²) in [5, 5.41) is 3.94. The quantitative estimate of drug-likeness (QED) is 0.349. The Morgan fingerprint density at radius 3 is 2.63 bits per heavy atom. The van der Waals surface area contributed by atoms with Gasteiger partial charge in [-0.2, -0.15) is 0 Å². The first-order valence-electron chi connectivity index (χ1n) is 9.66. The number of benzene rings is 2. The fraction of sp³-hybridized carbons (Fsp3) is 0.174. The number of amides is 1. The van der Waals surface area contributed by atoms with Crippen LogP contribution in [0.15, 0.2) is 87.4 Å². The lowest BCUT2D eigenvalue weighted by atomic mass is 10.1. The van der Waals surface area contributed by atoms with Crippen molar-refractivity contribution in [1.82, 2.24) is 14.9 Å². The van der Waals surface area contributed by atoms with Crippen LogP contribution in [0, 0.1) is 0 Å². The van der Waals surface area contributed by atoms with E-state index in [4.69, 9.17) is 4.42 Å². The minimum absolute atomic E-state index is 0.0879. The summed E-state index contributed by atoms with van der Waals surface area (Å²) < 4.78 is 6.89. The van der Waals surface area contributed by atoms with Crippen LogP contribution in [0.3, 0.4) is 0 Å². The molecule has 6 nitrogen and oxygen atoms in total. The highest BCUT2D eigenvalue weighted by atomic mass is 32.2. The Balaban J connectivity index is 1.52. The summed E-state index contributed by atoms with van der Waals surface area (Å²) in [6.07, 6.45) is 2.28. The van der Waals surface area contributed by atoms with Crippen molar-refractivity contribution in [2.24, 2.45) is 0 Å². The first-order chi connectivity index (χ1) is 14.7. The largest absolute Gasteiger partial charge is 0.467 e. The molecule has 0 aliphatic heterocycles. The molecule has 4 aromatic rings. The van der Waals surface area contributed by atoms with E-state index in [2.05, 4.69) is 10.3 Å². The molecule has 0 fully saturated rings. The van der Waals surface area contributed by atoms with Crippen LogP contribution in [0.2, 0.25) is 0 Å². The zero-order chi connectivity index (χ0) is 20.8. The van der Waals surface area contributed by atoms with Gasteiger partial charge in [0.25, 0.3) is 5.56 Å². The minimum atomic E-state index is -0.145. The molecular weight excluding hydrogens is 398 g/mol. The number of para-hydroxylation sites is 1. The van der Waals surface area contributed by atoms with Gasteiger partial charge in [-0.3, -0.25) is 14.2 Å². The number of thioether (sulfide) groups is 1. The zero-order valence-corrected chi connectivity index (χ0v) is 17.1. The maximum absolute atomic E-state index is 13.1. The first-order valence-corrected chi connectivity index (χ1v) is 10.6. The van der Waals surface area contributed by atoms with Crippen molar-refractivity contribution in [3.63, 3.8) is 0 Å². The van der Waals surface area contributed by atoms with E-state index >= 15 is 0 Å². The number of nitrogens with one attached hydrogen (secondary N) is 1. The highest BCUT2D eigenvalue weighted by Crippen LogP contribution is 2.18. The van der Waals surface area contributed by atoms with Crippen molar-refractivity contribution < 1.29 is 9.21 Å². The van der Waals surface area contributed by atoms with E-state index in [0.717, 1.165) is 5.56 Å². The van der Waals surface area contributed by atoms with Gasteiger partial charge >= 0.3 is 0 Å². The topological polar surface area (TPSA) is 77.1 Å². The van der Waals surface area contributed by atoms with Gasteiger partial charge < -0.3 is 9.73 Å². The Morgan fingerprint density at radius 1 is 1.03 bits per heavy atom. The van der Waals surface area contributed by atoms with Gasteiger partial charge in [-0.25, -0.2) is 4.98 Å². The standard InChI is InChI=1S/C23H21N3O3S/c27-21(24-15-18-9-6-14-29-18)16-30-23-25-20-11-5-4-10-19(20)22(28)26(23)13-12-17-7-2-1-3-8-17/h1-11,14H,12-13,15-16H2,(H,24,27). The summed E-state index contributed by atoms with van der Waals surface area (Å²) in [6.45, 7) is 0.829. The average Bonchev–Trinajstić information content (AvgIpc) is 3.30. The molecule has 0 unspecified atom stereocenters. The van der Waals surface area contributed by atoms with E-state index < -0.39 is 0 Å². The van der Waals surface area contributed by atoms with E-state index in [1.165, 1.54) is 11.8 Å². The van der Waals surface area contributed by atoms with Crippen LogP contribution in [0.1, 0.15) is 11.3 Å². The third-order valence-electron chi connectivity index (χ3n) is 4.67. The Kier molecular flexibility index (Phi) is 6.29. The van der Waals surface area contributed by atoms with Crippen LogP contribution in [0.25, 0.3) is 10.9 Å². The first kappa shape index (κ1) is 20.0. The Labute approximate surface area is 177 Å².